The second kappa shape index (κ2) is 11.5. The van der Waals surface area contributed by atoms with Gasteiger partial charge >= 0.3 is 0 Å². The second-order valence-corrected chi connectivity index (χ2v) is 12.3. The van der Waals surface area contributed by atoms with Crippen molar-refractivity contribution < 1.29 is 31.1 Å². The van der Waals surface area contributed by atoms with Crippen LogP contribution in [0.4, 0.5) is 19.0 Å². The van der Waals surface area contributed by atoms with E-state index in [9.17, 15) is 22.0 Å². The highest BCUT2D eigenvalue weighted by molar-refractivity contribution is 7.90. The van der Waals surface area contributed by atoms with E-state index < -0.39 is 37.9 Å². The Bertz CT molecular complexity index is 1690. The number of nitrogens with zero attached hydrogens (tertiary/aromatic N) is 2. The summed E-state index contributed by atoms with van der Waals surface area (Å²) in [5, 5.41) is 3.42. The first-order valence-electron chi connectivity index (χ1n) is 12.4. The van der Waals surface area contributed by atoms with Gasteiger partial charge in [-0.05, 0) is 54.8 Å². The summed E-state index contributed by atoms with van der Waals surface area (Å²) in [5.74, 6) is -3.62. The topological polar surface area (TPSA) is 98.2 Å². The summed E-state index contributed by atoms with van der Waals surface area (Å²) in [6.07, 6.45) is 3.02. The smallest absolute Gasteiger partial charge is 0.222 e. The molecule has 1 aliphatic rings. The lowest BCUT2D eigenvalue weighted by Gasteiger charge is -2.19. The number of hydrogen-bond donors (Lipinski definition) is 1. The van der Waals surface area contributed by atoms with Crippen molar-refractivity contribution in [3.05, 3.63) is 82.8 Å². The van der Waals surface area contributed by atoms with E-state index in [4.69, 9.17) is 9.72 Å². The van der Waals surface area contributed by atoms with E-state index in [1.54, 1.807) is 12.1 Å². The summed E-state index contributed by atoms with van der Waals surface area (Å²) in [4.78, 5) is 20.3. The molecule has 0 spiro atoms. The Morgan fingerprint density at radius 2 is 1.88 bits per heavy atom. The highest BCUT2D eigenvalue weighted by Gasteiger charge is 2.27. The molecule has 1 N–H and O–H groups in total. The minimum absolute atomic E-state index is 0.0647. The summed E-state index contributed by atoms with van der Waals surface area (Å²) in [6.45, 7) is 2.52. The van der Waals surface area contributed by atoms with Crippen LogP contribution in [-0.2, 0) is 25.1 Å². The van der Waals surface area contributed by atoms with E-state index in [2.05, 4.69) is 10.3 Å². The minimum Gasteiger partial charge on any atom is -0.381 e. The van der Waals surface area contributed by atoms with Crippen LogP contribution in [0, 0.1) is 17.5 Å². The minimum atomic E-state index is -4.41. The second-order valence-electron chi connectivity index (χ2n) is 9.34. The normalized spacial score (nSPS) is 14.3. The van der Waals surface area contributed by atoms with Crippen LogP contribution < -0.4 is 5.32 Å². The van der Waals surface area contributed by atoms with Gasteiger partial charge < -0.3 is 10.1 Å². The van der Waals surface area contributed by atoms with Crippen LogP contribution in [0.15, 0.2) is 59.6 Å². The van der Waals surface area contributed by atoms with Crippen molar-refractivity contribution in [3.8, 4) is 21.7 Å². The van der Waals surface area contributed by atoms with Gasteiger partial charge in [0.2, 0.25) is 5.91 Å². The molecule has 0 atom stereocenters. The first-order chi connectivity index (χ1) is 19.1. The largest absolute Gasteiger partial charge is 0.381 e. The maximum Gasteiger partial charge on any atom is 0.222 e. The fourth-order valence-electron chi connectivity index (χ4n) is 4.53. The third kappa shape index (κ3) is 5.93. The van der Waals surface area contributed by atoms with Gasteiger partial charge in [0.05, 0.1) is 21.3 Å². The predicted molar refractivity (Wildman–Crippen MR) is 145 cm³/mol. The summed E-state index contributed by atoms with van der Waals surface area (Å²) < 4.78 is 75.4. The van der Waals surface area contributed by atoms with Gasteiger partial charge in [0.1, 0.15) is 28.2 Å². The monoisotopic (exact) mass is 587 g/mol. The van der Waals surface area contributed by atoms with Crippen molar-refractivity contribution in [2.45, 2.75) is 36.3 Å². The molecule has 0 unspecified atom stereocenters. The molecule has 3 heterocycles. The molecule has 1 fully saturated rings. The van der Waals surface area contributed by atoms with Crippen molar-refractivity contribution in [2.24, 2.45) is 0 Å². The molecule has 0 aliphatic carbocycles. The summed E-state index contributed by atoms with van der Waals surface area (Å²) >= 11 is 1.39. The molecule has 7 nitrogen and oxygen atoms in total. The third-order valence-electron chi connectivity index (χ3n) is 6.45. The molecule has 1 aliphatic heterocycles. The molecule has 0 radical (unpaired) electrons. The van der Waals surface area contributed by atoms with Crippen molar-refractivity contribution in [1.82, 2.24) is 9.97 Å². The Morgan fingerprint density at radius 1 is 1.10 bits per heavy atom. The summed E-state index contributed by atoms with van der Waals surface area (Å²) in [5.41, 5.74) is 0.806. The fraction of sp³-hybridized carbons (Fsp3) is 0.250. The van der Waals surface area contributed by atoms with E-state index in [0.717, 1.165) is 30.0 Å². The zero-order valence-corrected chi connectivity index (χ0v) is 22.9. The number of pyridine rings is 1. The molecular weight excluding hydrogens is 563 g/mol. The number of carbonyl (C=O) groups excluding carboxylic acids is 1. The number of aromatic nitrogens is 2. The van der Waals surface area contributed by atoms with Crippen LogP contribution in [0.25, 0.3) is 21.7 Å². The molecule has 2 aromatic carbocycles. The van der Waals surface area contributed by atoms with Gasteiger partial charge in [-0.2, -0.15) is 0 Å². The summed E-state index contributed by atoms with van der Waals surface area (Å²) in [7, 11) is -4.41. The number of sulfone groups is 1. The van der Waals surface area contributed by atoms with Gasteiger partial charge in [0.15, 0.2) is 9.84 Å². The number of anilines is 1. The molecule has 2 aromatic heterocycles. The van der Waals surface area contributed by atoms with Crippen LogP contribution >= 0.6 is 11.3 Å². The number of nitrogens with one attached hydrogen (secondary N) is 1. The SMILES string of the molecule is CC(=O)Nc1cc(-c2sc(C3CCOCC3)nc2-c2cccc(CS(=O)(=O)c3cc(F)ccc3F)c2F)ccn1. The Hall–Kier alpha value is -3.61. The number of hydrogen-bond acceptors (Lipinski definition) is 7. The Labute approximate surface area is 233 Å². The van der Waals surface area contributed by atoms with Gasteiger partial charge in [-0.3, -0.25) is 4.79 Å². The molecule has 1 amide bonds. The standard InChI is InChI=1S/C28H24F3N3O4S2/c1-16(35)33-24-13-18(7-10-32-24)27-26(34-28(39-27)17-8-11-38-12-9-17)21-4-2-3-19(25(21)31)15-40(36,37)23-14-20(29)5-6-22(23)30/h2-7,10,13-14,17H,8-9,11-12,15H2,1H3,(H,32,33,35). The Kier molecular flexibility index (Phi) is 8.02. The van der Waals surface area contributed by atoms with Crippen LogP contribution in [0.3, 0.4) is 0 Å². The first kappa shape index (κ1) is 27.9. The van der Waals surface area contributed by atoms with E-state index in [-0.39, 0.29) is 23.0 Å². The highest BCUT2D eigenvalue weighted by atomic mass is 32.2. The number of rotatable bonds is 7. The number of carbonyl (C=O) groups is 1. The van der Waals surface area contributed by atoms with Crippen LogP contribution in [0.5, 0.6) is 0 Å². The molecule has 5 rings (SSSR count). The molecule has 0 saturated carbocycles. The lowest BCUT2D eigenvalue weighted by atomic mass is 10.0. The van der Waals surface area contributed by atoms with Crippen molar-refractivity contribution >= 4 is 32.9 Å². The zero-order chi connectivity index (χ0) is 28.4. The van der Waals surface area contributed by atoms with Gasteiger partial charge in [-0.25, -0.2) is 31.6 Å². The predicted octanol–water partition coefficient (Wildman–Crippen LogP) is 6.12. The van der Waals surface area contributed by atoms with Crippen molar-refractivity contribution in [1.29, 1.82) is 0 Å². The number of thiazole rings is 1. The van der Waals surface area contributed by atoms with Crippen LogP contribution in [0.2, 0.25) is 0 Å². The van der Waals surface area contributed by atoms with Gasteiger partial charge in [0, 0.05) is 43.4 Å². The van der Waals surface area contributed by atoms with E-state index in [1.807, 2.05) is 0 Å². The Balaban J connectivity index is 1.59. The van der Waals surface area contributed by atoms with Crippen LogP contribution in [0.1, 0.15) is 36.3 Å². The number of halogens is 3. The molecule has 4 aromatic rings. The van der Waals surface area contributed by atoms with E-state index in [1.165, 1.54) is 42.7 Å². The molecule has 1 saturated heterocycles. The molecule has 208 valence electrons. The van der Waals surface area contributed by atoms with E-state index in [0.29, 0.717) is 41.2 Å². The highest BCUT2D eigenvalue weighted by Crippen LogP contribution is 2.43. The molecule has 0 bridgehead atoms. The van der Waals surface area contributed by atoms with Crippen molar-refractivity contribution in [2.75, 3.05) is 18.5 Å². The number of ether oxygens (including phenoxy) is 1. The van der Waals surface area contributed by atoms with Gasteiger partial charge in [0.25, 0.3) is 0 Å². The maximum absolute atomic E-state index is 16.0. The fourth-order valence-corrected chi connectivity index (χ4v) is 7.22. The lowest BCUT2D eigenvalue weighted by Crippen LogP contribution is -2.13. The van der Waals surface area contributed by atoms with Crippen LogP contribution in [-0.4, -0.2) is 37.5 Å². The first-order valence-corrected chi connectivity index (χ1v) is 14.9. The van der Waals surface area contributed by atoms with Crippen molar-refractivity contribution in [3.63, 3.8) is 0 Å². The summed E-state index contributed by atoms with van der Waals surface area (Å²) in [6, 6.07) is 9.78. The molecular formula is C28H24F3N3O4S2. The Morgan fingerprint density at radius 3 is 2.62 bits per heavy atom. The van der Waals surface area contributed by atoms with Gasteiger partial charge in [-0.1, -0.05) is 12.1 Å². The lowest BCUT2D eigenvalue weighted by molar-refractivity contribution is -0.114. The van der Waals surface area contributed by atoms with E-state index >= 15 is 4.39 Å². The zero-order valence-electron chi connectivity index (χ0n) is 21.3. The molecule has 40 heavy (non-hydrogen) atoms. The maximum atomic E-state index is 16.0. The average molecular weight is 588 g/mol. The third-order valence-corrected chi connectivity index (χ3v) is 9.39. The quantitative estimate of drug-likeness (QED) is 0.280. The van der Waals surface area contributed by atoms with Gasteiger partial charge in [-0.15, -0.1) is 11.3 Å². The number of amides is 1. The number of benzene rings is 2. The molecule has 12 heteroatoms. The average Bonchev–Trinajstić information content (AvgIpc) is 3.37.